The van der Waals surface area contributed by atoms with Crippen LogP contribution in [-0.2, 0) is 4.79 Å². The van der Waals surface area contributed by atoms with Crippen molar-refractivity contribution in [2.24, 2.45) is 17.8 Å². The van der Waals surface area contributed by atoms with E-state index in [4.69, 9.17) is 0 Å². The zero-order chi connectivity index (χ0) is 11.8. The number of hydrogen-bond donors (Lipinski definition) is 1. The molecule has 1 aliphatic carbocycles. The summed E-state index contributed by atoms with van der Waals surface area (Å²) in [5.41, 5.74) is 1.34. The van der Waals surface area contributed by atoms with Gasteiger partial charge in [0, 0.05) is 18.4 Å². The maximum atomic E-state index is 12.4. The van der Waals surface area contributed by atoms with Gasteiger partial charge in [-0.15, -0.1) is 0 Å². The lowest BCUT2D eigenvalue weighted by atomic mass is 9.90. The zero-order valence-corrected chi connectivity index (χ0v) is 10.2. The summed E-state index contributed by atoms with van der Waals surface area (Å²) in [6.07, 6.45) is 1.06. The van der Waals surface area contributed by atoms with Crippen molar-refractivity contribution in [3.63, 3.8) is 0 Å². The van der Waals surface area contributed by atoms with E-state index in [1.807, 2.05) is 6.07 Å². The van der Waals surface area contributed by atoms with Crippen molar-refractivity contribution in [2.75, 3.05) is 13.1 Å². The normalized spacial score (nSPS) is 35.8. The standard InChI is InChI=1S/C15H19NO/c1-10-8-16-9-14(10)15(17)13-7-12(13)11-5-3-2-4-6-11/h2-6,10,12-14,16H,7-9H2,1H3. The predicted octanol–water partition coefficient (Wildman–Crippen LogP) is 2.21. The van der Waals surface area contributed by atoms with Gasteiger partial charge in [-0.1, -0.05) is 37.3 Å². The van der Waals surface area contributed by atoms with Gasteiger partial charge in [0.2, 0.25) is 0 Å². The minimum absolute atomic E-state index is 0.258. The Kier molecular flexibility index (Phi) is 2.75. The fourth-order valence-electron chi connectivity index (χ4n) is 3.04. The van der Waals surface area contributed by atoms with Gasteiger partial charge in [0.05, 0.1) is 0 Å². The number of hydrogen-bond acceptors (Lipinski definition) is 2. The third kappa shape index (κ3) is 2.02. The van der Waals surface area contributed by atoms with Crippen LogP contribution in [0.1, 0.15) is 24.8 Å². The van der Waals surface area contributed by atoms with Crippen LogP contribution in [0.15, 0.2) is 30.3 Å². The molecule has 1 aromatic rings. The van der Waals surface area contributed by atoms with Gasteiger partial charge in [0.15, 0.2) is 0 Å². The monoisotopic (exact) mass is 229 g/mol. The Balaban J connectivity index is 1.67. The van der Waals surface area contributed by atoms with Crippen molar-refractivity contribution in [1.82, 2.24) is 5.32 Å². The third-order valence-corrected chi connectivity index (χ3v) is 4.27. The molecule has 1 aliphatic heterocycles. The molecule has 17 heavy (non-hydrogen) atoms. The number of carbonyl (C=O) groups is 1. The molecular weight excluding hydrogens is 210 g/mol. The molecule has 0 aromatic heterocycles. The van der Waals surface area contributed by atoms with Crippen LogP contribution >= 0.6 is 0 Å². The van der Waals surface area contributed by atoms with Crippen molar-refractivity contribution >= 4 is 5.78 Å². The molecule has 4 atom stereocenters. The molecule has 2 nitrogen and oxygen atoms in total. The van der Waals surface area contributed by atoms with Crippen molar-refractivity contribution in [3.8, 4) is 0 Å². The highest BCUT2D eigenvalue weighted by atomic mass is 16.1. The zero-order valence-electron chi connectivity index (χ0n) is 10.2. The molecule has 2 fully saturated rings. The summed E-state index contributed by atoms with van der Waals surface area (Å²) in [5, 5.41) is 3.32. The first kappa shape index (κ1) is 11.0. The van der Waals surface area contributed by atoms with E-state index in [0.717, 1.165) is 19.5 Å². The molecule has 3 rings (SSSR count). The van der Waals surface area contributed by atoms with Crippen LogP contribution in [0.4, 0.5) is 0 Å². The topological polar surface area (TPSA) is 29.1 Å². The molecule has 0 spiro atoms. The third-order valence-electron chi connectivity index (χ3n) is 4.27. The van der Waals surface area contributed by atoms with E-state index < -0.39 is 0 Å². The van der Waals surface area contributed by atoms with Crippen molar-refractivity contribution in [1.29, 1.82) is 0 Å². The number of benzene rings is 1. The molecule has 1 saturated carbocycles. The summed E-state index contributed by atoms with van der Waals surface area (Å²) in [6, 6.07) is 10.5. The lowest BCUT2D eigenvalue weighted by molar-refractivity contribution is -0.124. The minimum atomic E-state index is 0.258. The molecule has 1 heterocycles. The highest BCUT2D eigenvalue weighted by molar-refractivity contribution is 5.87. The first-order valence-electron chi connectivity index (χ1n) is 6.56. The Labute approximate surface area is 102 Å². The summed E-state index contributed by atoms with van der Waals surface area (Å²) < 4.78 is 0. The van der Waals surface area contributed by atoms with Crippen molar-refractivity contribution in [3.05, 3.63) is 35.9 Å². The maximum Gasteiger partial charge on any atom is 0.141 e. The van der Waals surface area contributed by atoms with Gasteiger partial charge in [-0.05, 0) is 30.4 Å². The van der Waals surface area contributed by atoms with Crippen LogP contribution in [-0.4, -0.2) is 18.9 Å². The van der Waals surface area contributed by atoms with E-state index in [1.54, 1.807) is 0 Å². The van der Waals surface area contributed by atoms with Crippen LogP contribution in [0.5, 0.6) is 0 Å². The largest absolute Gasteiger partial charge is 0.316 e. The molecule has 4 unspecified atom stereocenters. The molecule has 2 aliphatic rings. The van der Waals surface area contributed by atoms with E-state index in [2.05, 4.69) is 36.5 Å². The molecule has 1 aromatic carbocycles. The van der Waals surface area contributed by atoms with Gasteiger partial charge in [-0.25, -0.2) is 0 Å². The second-order valence-electron chi connectivity index (χ2n) is 5.50. The van der Waals surface area contributed by atoms with Gasteiger partial charge in [-0.2, -0.15) is 0 Å². The van der Waals surface area contributed by atoms with Gasteiger partial charge in [-0.3, -0.25) is 4.79 Å². The molecule has 2 heteroatoms. The fourth-order valence-corrected chi connectivity index (χ4v) is 3.04. The van der Waals surface area contributed by atoms with Crippen molar-refractivity contribution in [2.45, 2.75) is 19.3 Å². The number of nitrogens with one attached hydrogen (secondary N) is 1. The molecular formula is C15H19NO. The Hall–Kier alpha value is -1.15. The number of ketones is 1. The molecule has 0 radical (unpaired) electrons. The Morgan fingerprint density at radius 2 is 1.94 bits per heavy atom. The first-order valence-corrected chi connectivity index (χ1v) is 6.56. The average molecular weight is 229 g/mol. The Morgan fingerprint density at radius 1 is 1.18 bits per heavy atom. The quantitative estimate of drug-likeness (QED) is 0.861. The van der Waals surface area contributed by atoms with Crippen molar-refractivity contribution < 1.29 is 4.79 Å². The van der Waals surface area contributed by atoms with Crippen LogP contribution in [0.2, 0.25) is 0 Å². The average Bonchev–Trinajstić information content (AvgIpc) is 3.05. The van der Waals surface area contributed by atoms with Crippen LogP contribution in [0.3, 0.4) is 0 Å². The molecule has 0 amide bonds. The van der Waals surface area contributed by atoms with E-state index >= 15 is 0 Å². The summed E-state index contributed by atoms with van der Waals surface area (Å²) in [4.78, 5) is 12.4. The van der Waals surface area contributed by atoms with E-state index in [9.17, 15) is 4.79 Å². The Morgan fingerprint density at radius 3 is 2.59 bits per heavy atom. The predicted molar refractivity (Wildman–Crippen MR) is 67.8 cm³/mol. The highest BCUT2D eigenvalue weighted by Gasteiger charge is 2.47. The summed E-state index contributed by atoms with van der Waals surface area (Å²) in [6.45, 7) is 4.07. The summed E-state index contributed by atoms with van der Waals surface area (Å²) >= 11 is 0. The van der Waals surface area contributed by atoms with E-state index in [0.29, 0.717) is 23.5 Å². The lowest BCUT2D eigenvalue weighted by Gasteiger charge is -2.12. The summed E-state index contributed by atoms with van der Waals surface area (Å²) in [7, 11) is 0. The van der Waals surface area contributed by atoms with Crippen LogP contribution in [0.25, 0.3) is 0 Å². The van der Waals surface area contributed by atoms with Gasteiger partial charge in [0.25, 0.3) is 0 Å². The molecule has 1 N–H and O–H groups in total. The lowest BCUT2D eigenvalue weighted by Crippen LogP contribution is -2.23. The fraction of sp³-hybridized carbons (Fsp3) is 0.533. The maximum absolute atomic E-state index is 12.4. The number of Topliss-reactive ketones (excluding diaryl/α,β-unsaturated/α-hetero) is 1. The molecule has 90 valence electrons. The van der Waals surface area contributed by atoms with Gasteiger partial charge in [0.1, 0.15) is 5.78 Å². The second-order valence-corrected chi connectivity index (χ2v) is 5.50. The minimum Gasteiger partial charge on any atom is -0.316 e. The molecule has 1 saturated heterocycles. The molecule has 0 bridgehead atoms. The smallest absolute Gasteiger partial charge is 0.141 e. The van der Waals surface area contributed by atoms with Gasteiger partial charge >= 0.3 is 0 Å². The highest BCUT2D eigenvalue weighted by Crippen LogP contribution is 2.49. The van der Waals surface area contributed by atoms with Crippen LogP contribution in [0, 0.1) is 17.8 Å². The van der Waals surface area contributed by atoms with E-state index in [1.165, 1.54) is 5.56 Å². The Bertz CT molecular complexity index is 414. The first-order chi connectivity index (χ1) is 8.27. The van der Waals surface area contributed by atoms with E-state index in [-0.39, 0.29) is 5.92 Å². The van der Waals surface area contributed by atoms with Crippen LogP contribution < -0.4 is 5.32 Å². The SMILES string of the molecule is CC1CNCC1C(=O)C1CC1c1ccccc1. The summed E-state index contributed by atoms with van der Waals surface area (Å²) in [5.74, 6) is 2.06. The number of rotatable bonds is 3. The number of carbonyl (C=O) groups excluding carboxylic acids is 1. The second kappa shape index (κ2) is 4.26. The van der Waals surface area contributed by atoms with Gasteiger partial charge < -0.3 is 5.32 Å².